The van der Waals surface area contributed by atoms with Gasteiger partial charge in [-0.15, -0.1) is 0 Å². The minimum atomic E-state index is -3.29. The minimum absolute atomic E-state index is 0.00328. The Kier molecular flexibility index (Phi) is 4.98. The zero-order chi connectivity index (χ0) is 15.3. The van der Waals surface area contributed by atoms with Crippen LogP contribution in [0.15, 0.2) is 54.6 Å². The molecule has 1 unspecified atom stereocenters. The number of sulfone groups is 1. The van der Waals surface area contributed by atoms with Crippen LogP contribution in [0.2, 0.25) is 0 Å². The maximum Gasteiger partial charge on any atom is 0.156 e. The van der Waals surface area contributed by atoms with Gasteiger partial charge in [-0.2, -0.15) is 0 Å². The van der Waals surface area contributed by atoms with Gasteiger partial charge >= 0.3 is 0 Å². The van der Waals surface area contributed by atoms with Crippen LogP contribution in [0.4, 0.5) is 0 Å². The first-order valence-corrected chi connectivity index (χ1v) is 8.47. The van der Waals surface area contributed by atoms with E-state index in [0.29, 0.717) is 11.3 Å². The van der Waals surface area contributed by atoms with E-state index in [2.05, 4.69) is 0 Å². The number of benzene rings is 2. The lowest BCUT2D eigenvalue weighted by molar-refractivity contribution is 0.407. The number of methoxy groups -OCH3 is 1. The average molecular weight is 305 g/mol. The van der Waals surface area contributed by atoms with Gasteiger partial charge in [-0.05, 0) is 11.6 Å². The maximum atomic E-state index is 12.3. The Morgan fingerprint density at radius 1 is 1.05 bits per heavy atom. The lowest BCUT2D eigenvalue weighted by Crippen LogP contribution is -2.23. The van der Waals surface area contributed by atoms with Crippen molar-refractivity contribution in [2.75, 3.05) is 12.9 Å². The summed E-state index contributed by atoms with van der Waals surface area (Å²) in [6.07, 6.45) is 0. The molecule has 0 spiro atoms. The molecular formula is C16H19NO3S. The fraction of sp³-hybridized carbons (Fsp3) is 0.250. The number of hydrogen-bond donors (Lipinski definition) is 1. The molecule has 4 nitrogen and oxygen atoms in total. The lowest BCUT2D eigenvalue weighted by atomic mass is 10.1. The normalized spacial score (nSPS) is 12.9. The van der Waals surface area contributed by atoms with E-state index in [0.717, 1.165) is 5.56 Å². The van der Waals surface area contributed by atoms with E-state index in [-0.39, 0.29) is 11.5 Å². The molecule has 0 aliphatic heterocycles. The summed E-state index contributed by atoms with van der Waals surface area (Å²) in [6.45, 7) is 0. The van der Waals surface area contributed by atoms with Crippen molar-refractivity contribution in [3.8, 4) is 5.75 Å². The number of para-hydroxylation sites is 1. The van der Waals surface area contributed by atoms with Crippen LogP contribution in [0.25, 0.3) is 0 Å². The average Bonchev–Trinajstić information content (AvgIpc) is 2.47. The van der Waals surface area contributed by atoms with Crippen molar-refractivity contribution in [1.29, 1.82) is 0 Å². The van der Waals surface area contributed by atoms with Crippen molar-refractivity contribution in [3.63, 3.8) is 0 Å². The standard InChI is InChI=1S/C16H19NO3S/c1-20-16-10-6-5-9-14(16)15(17)12-21(18,19)11-13-7-3-2-4-8-13/h2-10,15H,11-12,17H2,1H3. The summed E-state index contributed by atoms with van der Waals surface area (Å²) in [4.78, 5) is 0. The Hall–Kier alpha value is -1.85. The molecule has 0 amide bonds. The Bertz CT molecular complexity index is 684. The summed E-state index contributed by atoms with van der Waals surface area (Å²) in [5.41, 5.74) is 7.53. The second-order valence-corrected chi connectivity index (χ2v) is 7.00. The van der Waals surface area contributed by atoms with Crippen LogP contribution in [0.5, 0.6) is 5.75 Å². The zero-order valence-corrected chi connectivity index (χ0v) is 12.7. The molecule has 0 aliphatic rings. The molecule has 0 aliphatic carbocycles. The third-order valence-electron chi connectivity index (χ3n) is 3.20. The van der Waals surface area contributed by atoms with Crippen molar-refractivity contribution in [1.82, 2.24) is 0 Å². The molecule has 0 heterocycles. The van der Waals surface area contributed by atoms with E-state index in [1.807, 2.05) is 30.3 Å². The largest absolute Gasteiger partial charge is 0.496 e. The second kappa shape index (κ2) is 6.74. The summed E-state index contributed by atoms with van der Waals surface area (Å²) in [6, 6.07) is 15.7. The van der Waals surface area contributed by atoms with Crippen molar-refractivity contribution in [2.45, 2.75) is 11.8 Å². The van der Waals surface area contributed by atoms with Crippen molar-refractivity contribution < 1.29 is 13.2 Å². The predicted octanol–water partition coefficient (Wildman–Crippen LogP) is 2.31. The Labute approximate surface area is 125 Å². The van der Waals surface area contributed by atoms with E-state index in [4.69, 9.17) is 10.5 Å². The molecule has 0 saturated heterocycles. The molecule has 0 radical (unpaired) electrons. The van der Waals surface area contributed by atoms with Crippen LogP contribution in [0.1, 0.15) is 17.2 Å². The second-order valence-electron chi connectivity index (χ2n) is 4.89. The lowest BCUT2D eigenvalue weighted by Gasteiger charge is -2.15. The highest BCUT2D eigenvalue weighted by atomic mass is 32.2. The van der Waals surface area contributed by atoms with Crippen molar-refractivity contribution >= 4 is 9.84 Å². The van der Waals surface area contributed by atoms with Crippen LogP contribution in [0.3, 0.4) is 0 Å². The molecule has 5 heteroatoms. The molecule has 21 heavy (non-hydrogen) atoms. The van der Waals surface area contributed by atoms with Gasteiger partial charge in [0.25, 0.3) is 0 Å². The molecule has 2 aromatic carbocycles. The summed E-state index contributed by atoms with van der Waals surface area (Å²) in [5, 5.41) is 0. The summed E-state index contributed by atoms with van der Waals surface area (Å²) in [5.74, 6) is 0.499. The van der Waals surface area contributed by atoms with E-state index in [1.165, 1.54) is 0 Å². The smallest absolute Gasteiger partial charge is 0.156 e. The number of nitrogens with two attached hydrogens (primary N) is 1. The molecule has 1 atom stereocenters. The first kappa shape index (κ1) is 15.5. The van der Waals surface area contributed by atoms with Gasteiger partial charge in [-0.1, -0.05) is 48.5 Å². The first-order valence-electron chi connectivity index (χ1n) is 6.64. The molecule has 112 valence electrons. The van der Waals surface area contributed by atoms with Gasteiger partial charge < -0.3 is 10.5 Å². The van der Waals surface area contributed by atoms with E-state index >= 15 is 0 Å². The third kappa shape index (κ3) is 4.31. The van der Waals surface area contributed by atoms with E-state index < -0.39 is 15.9 Å². The summed E-state index contributed by atoms with van der Waals surface area (Å²) in [7, 11) is -1.74. The molecule has 2 aromatic rings. The topological polar surface area (TPSA) is 69.4 Å². The molecule has 0 aromatic heterocycles. The van der Waals surface area contributed by atoms with E-state index in [1.54, 1.807) is 31.4 Å². The molecular weight excluding hydrogens is 286 g/mol. The minimum Gasteiger partial charge on any atom is -0.496 e. The monoisotopic (exact) mass is 305 g/mol. The Morgan fingerprint density at radius 2 is 1.67 bits per heavy atom. The number of rotatable bonds is 6. The Morgan fingerprint density at radius 3 is 2.33 bits per heavy atom. The number of ether oxygens (including phenoxy) is 1. The molecule has 0 saturated carbocycles. The zero-order valence-electron chi connectivity index (χ0n) is 11.9. The van der Waals surface area contributed by atoms with Crippen LogP contribution in [0, 0.1) is 0 Å². The summed E-state index contributed by atoms with van der Waals surface area (Å²) >= 11 is 0. The van der Waals surface area contributed by atoms with Crippen LogP contribution >= 0.6 is 0 Å². The SMILES string of the molecule is COc1ccccc1C(N)CS(=O)(=O)Cc1ccccc1. The maximum absolute atomic E-state index is 12.3. The highest BCUT2D eigenvalue weighted by molar-refractivity contribution is 7.90. The fourth-order valence-electron chi connectivity index (χ4n) is 2.22. The van der Waals surface area contributed by atoms with Gasteiger partial charge in [0.1, 0.15) is 5.75 Å². The van der Waals surface area contributed by atoms with Gasteiger partial charge in [0.2, 0.25) is 0 Å². The molecule has 0 bridgehead atoms. The van der Waals surface area contributed by atoms with Crippen LogP contribution in [-0.2, 0) is 15.6 Å². The molecule has 2 rings (SSSR count). The van der Waals surface area contributed by atoms with Gasteiger partial charge in [0.15, 0.2) is 9.84 Å². The predicted molar refractivity (Wildman–Crippen MR) is 83.9 cm³/mol. The van der Waals surface area contributed by atoms with Gasteiger partial charge in [0.05, 0.1) is 18.6 Å². The van der Waals surface area contributed by atoms with Gasteiger partial charge in [0, 0.05) is 11.6 Å². The molecule has 0 fully saturated rings. The molecule has 2 N–H and O–H groups in total. The fourth-order valence-corrected chi connectivity index (χ4v) is 3.77. The van der Waals surface area contributed by atoms with Crippen molar-refractivity contribution in [3.05, 3.63) is 65.7 Å². The van der Waals surface area contributed by atoms with Gasteiger partial charge in [-0.3, -0.25) is 0 Å². The highest BCUT2D eigenvalue weighted by Gasteiger charge is 2.20. The van der Waals surface area contributed by atoms with Crippen LogP contribution in [-0.4, -0.2) is 21.3 Å². The first-order chi connectivity index (χ1) is 10.0. The highest BCUT2D eigenvalue weighted by Crippen LogP contribution is 2.24. The number of hydrogen-bond acceptors (Lipinski definition) is 4. The summed E-state index contributed by atoms with van der Waals surface area (Å²) < 4.78 is 29.7. The quantitative estimate of drug-likeness (QED) is 0.889. The van der Waals surface area contributed by atoms with Gasteiger partial charge in [-0.25, -0.2) is 8.42 Å². The Balaban J connectivity index is 2.13. The van der Waals surface area contributed by atoms with Crippen molar-refractivity contribution in [2.24, 2.45) is 5.73 Å². The van der Waals surface area contributed by atoms with Crippen LogP contribution < -0.4 is 10.5 Å². The van der Waals surface area contributed by atoms with E-state index in [9.17, 15) is 8.42 Å². The third-order valence-corrected chi connectivity index (χ3v) is 4.84.